The fourth-order valence-electron chi connectivity index (χ4n) is 1.27. The summed E-state index contributed by atoms with van der Waals surface area (Å²) in [7, 11) is 1.58. The van der Waals surface area contributed by atoms with Gasteiger partial charge in [-0.15, -0.1) is 11.3 Å². The van der Waals surface area contributed by atoms with E-state index in [1.54, 1.807) is 24.5 Å². The molecule has 1 aromatic carbocycles. The van der Waals surface area contributed by atoms with Crippen LogP contribution in [0, 0.1) is 0 Å². The summed E-state index contributed by atoms with van der Waals surface area (Å²) in [5.41, 5.74) is 6.52. The summed E-state index contributed by atoms with van der Waals surface area (Å²) >= 11 is 7.61. The van der Waals surface area contributed by atoms with Crippen LogP contribution in [0.1, 0.15) is 0 Å². The van der Waals surface area contributed by atoms with Crippen molar-refractivity contribution in [3.63, 3.8) is 0 Å². The van der Waals surface area contributed by atoms with Crippen LogP contribution >= 0.6 is 22.9 Å². The SMILES string of the molecule is COc1cc(Cl)c2sccc2c1N. The van der Waals surface area contributed by atoms with Crippen LogP contribution < -0.4 is 10.5 Å². The molecule has 13 heavy (non-hydrogen) atoms. The normalized spacial score (nSPS) is 10.6. The first kappa shape index (κ1) is 8.66. The maximum absolute atomic E-state index is 6.03. The number of hydrogen-bond acceptors (Lipinski definition) is 3. The summed E-state index contributed by atoms with van der Waals surface area (Å²) in [6.07, 6.45) is 0. The van der Waals surface area contributed by atoms with Crippen LogP contribution in [0.15, 0.2) is 17.5 Å². The number of hydrogen-bond donors (Lipinski definition) is 1. The van der Waals surface area contributed by atoms with E-state index in [1.807, 2.05) is 11.4 Å². The third-order valence-corrected chi connectivity index (χ3v) is 3.27. The highest BCUT2D eigenvalue weighted by atomic mass is 35.5. The minimum absolute atomic E-state index is 0.635. The quantitative estimate of drug-likeness (QED) is 0.739. The van der Waals surface area contributed by atoms with Gasteiger partial charge in [-0.1, -0.05) is 11.6 Å². The molecule has 0 bridgehead atoms. The standard InChI is InChI=1S/C9H8ClNOS/c1-12-7-4-6(10)9-5(8(7)11)2-3-13-9/h2-4H,11H2,1H3. The molecule has 2 rings (SSSR count). The number of halogens is 1. The third kappa shape index (κ3) is 1.24. The first-order valence-electron chi connectivity index (χ1n) is 3.73. The lowest BCUT2D eigenvalue weighted by molar-refractivity contribution is 0.417. The van der Waals surface area contributed by atoms with Gasteiger partial charge in [0.05, 0.1) is 22.5 Å². The molecule has 2 nitrogen and oxygen atoms in total. The molecule has 2 N–H and O–H groups in total. The van der Waals surface area contributed by atoms with Crippen LogP contribution in [0.5, 0.6) is 5.75 Å². The summed E-state index contributed by atoms with van der Waals surface area (Å²) < 4.78 is 6.11. The molecule has 0 aliphatic rings. The van der Waals surface area contributed by atoms with Gasteiger partial charge < -0.3 is 10.5 Å². The molecule has 0 unspecified atom stereocenters. The van der Waals surface area contributed by atoms with E-state index in [0.717, 1.165) is 10.1 Å². The Kier molecular flexibility index (Phi) is 2.06. The number of methoxy groups -OCH3 is 1. The van der Waals surface area contributed by atoms with Gasteiger partial charge in [-0.25, -0.2) is 0 Å². The summed E-state index contributed by atoms with van der Waals surface area (Å²) in [5.74, 6) is 0.635. The van der Waals surface area contributed by atoms with Crippen molar-refractivity contribution in [2.75, 3.05) is 12.8 Å². The fourth-order valence-corrected chi connectivity index (χ4v) is 2.42. The van der Waals surface area contributed by atoms with Crippen LogP contribution in [0.4, 0.5) is 5.69 Å². The zero-order valence-electron chi connectivity index (χ0n) is 7.00. The van der Waals surface area contributed by atoms with Gasteiger partial charge in [0, 0.05) is 11.5 Å². The maximum Gasteiger partial charge on any atom is 0.143 e. The van der Waals surface area contributed by atoms with Gasteiger partial charge in [-0.05, 0) is 11.4 Å². The minimum atomic E-state index is 0.635. The third-order valence-electron chi connectivity index (χ3n) is 1.92. The van der Waals surface area contributed by atoms with E-state index < -0.39 is 0 Å². The molecule has 0 fully saturated rings. The van der Waals surface area contributed by atoms with E-state index in [-0.39, 0.29) is 0 Å². The molecule has 0 radical (unpaired) electrons. The number of rotatable bonds is 1. The molecule has 4 heteroatoms. The Morgan fingerprint density at radius 3 is 3.00 bits per heavy atom. The molecule has 0 aliphatic carbocycles. The van der Waals surface area contributed by atoms with E-state index in [2.05, 4.69) is 0 Å². The van der Waals surface area contributed by atoms with Gasteiger partial charge in [0.1, 0.15) is 5.75 Å². The predicted molar refractivity (Wildman–Crippen MR) is 57.8 cm³/mol. The Labute approximate surface area is 84.9 Å². The number of benzene rings is 1. The molecule has 0 saturated carbocycles. The monoisotopic (exact) mass is 213 g/mol. The van der Waals surface area contributed by atoms with Crippen molar-refractivity contribution in [3.05, 3.63) is 22.5 Å². The molecule has 68 valence electrons. The smallest absolute Gasteiger partial charge is 0.143 e. The highest BCUT2D eigenvalue weighted by Crippen LogP contribution is 2.38. The van der Waals surface area contributed by atoms with E-state index in [0.29, 0.717) is 16.5 Å². The van der Waals surface area contributed by atoms with Crippen LogP contribution in [0.25, 0.3) is 10.1 Å². The van der Waals surface area contributed by atoms with Crippen LogP contribution in [-0.4, -0.2) is 7.11 Å². The Morgan fingerprint density at radius 2 is 2.31 bits per heavy atom. The van der Waals surface area contributed by atoms with Crippen LogP contribution in [0.2, 0.25) is 5.02 Å². The number of ether oxygens (including phenoxy) is 1. The van der Waals surface area contributed by atoms with E-state index in [1.165, 1.54) is 0 Å². The van der Waals surface area contributed by atoms with Crippen molar-refractivity contribution in [1.29, 1.82) is 0 Å². The first-order chi connectivity index (χ1) is 6.24. The van der Waals surface area contributed by atoms with Crippen molar-refractivity contribution in [1.82, 2.24) is 0 Å². The zero-order chi connectivity index (χ0) is 9.42. The Bertz CT molecular complexity index is 452. The van der Waals surface area contributed by atoms with Crippen LogP contribution in [0.3, 0.4) is 0 Å². The summed E-state index contributed by atoms with van der Waals surface area (Å²) in [6, 6.07) is 3.69. The molecule has 0 amide bonds. The molecule has 0 spiro atoms. The summed E-state index contributed by atoms with van der Waals surface area (Å²) in [4.78, 5) is 0. The predicted octanol–water partition coefficient (Wildman–Crippen LogP) is 3.15. The second kappa shape index (κ2) is 3.09. The number of nitrogen functional groups attached to an aromatic ring is 1. The van der Waals surface area contributed by atoms with Crippen molar-refractivity contribution >= 4 is 38.7 Å². The van der Waals surface area contributed by atoms with Gasteiger partial charge >= 0.3 is 0 Å². The van der Waals surface area contributed by atoms with Gasteiger partial charge in [0.15, 0.2) is 0 Å². The van der Waals surface area contributed by atoms with Crippen LogP contribution in [-0.2, 0) is 0 Å². The Hall–Kier alpha value is -0.930. The molecule has 0 aliphatic heterocycles. The summed E-state index contributed by atoms with van der Waals surface area (Å²) in [5, 5.41) is 3.62. The molecular formula is C9H8ClNOS. The number of anilines is 1. The van der Waals surface area contributed by atoms with Gasteiger partial charge in [-0.2, -0.15) is 0 Å². The van der Waals surface area contributed by atoms with E-state index in [9.17, 15) is 0 Å². The molecule has 0 saturated heterocycles. The Morgan fingerprint density at radius 1 is 1.54 bits per heavy atom. The second-order valence-electron chi connectivity index (χ2n) is 2.64. The lowest BCUT2D eigenvalue weighted by Crippen LogP contribution is -1.92. The van der Waals surface area contributed by atoms with Crippen molar-refractivity contribution in [3.8, 4) is 5.75 Å². The lowest BCUT2D eigenvalue weighted by atomic mass is 10.2. The first-order valence-corrected chi connectivity index (χ1v) is 4.99. The number of nitrogens with two attached hydrogens (primary N) is 1. The van der Waals surface area contributed by atoms with Crippen molar-refractivity contribution < 1.29 is 4.74 Å². The minimum Gasteiger partial charge on any atom is -0.495 e. The van der Waals surface area contributed by atoms with Gasteiger partial charge in [0.25, 0.3) is 0 Å². The van der Waals surface area contributed by atoms with Gasteiger partial charge in [-0.3, -0.25) is 0 Å². The molecular weight excluding hydrogens is 206 g/mol. The molecule has 2 aromatic rings. The number of thiophene rings is 1. The van der Waals surface area contributed by atoms with E-state index in [4.69, 9.17) is 22.1 Å². The number of fused-ring (bicyclic) bond motifs is 1. The average molecular weight is 214 g/mol. The topological polar surface area (TPSA) is 35.2 Å². The summed E-state index contributed by atoms with van der Waals surface area (Å²) in [6.45, 7) is 0. The van der Waals surface area contributed by atoms with Crippen molar-refractivity contribution in [2.45, 2.75) is 0 Å². The van der Waals surface area contributed by atoms with Crippen molar-refractivity contribution in [2.24, 2.45) is 0 Å². The molecule has 0 atom stereocenters. The molecule has 1 aromatic heterocycles. The Balaban J connectivity index is 2.85. The highest BCUT2D eigenvalue weighted by molar-refractivity contribution is 7.18. The average Bonchev–Trinajstić information content (AvgIpc) is 2.60. The lowest BCUT2D eigenvalue weighted by Gasteiger charge is -2.06. The second-order valence-corrected chi connectivity index (χ2v) is 3.96. The largest absolute Gasteiger partial charge is 0.495 e. The highest BCUT2D eigenvalue weighted by Gasteiger charge is 2.09. The van der Waals surface area contributed by atoms with E-state index >= 15 is 0 Å². The zero-order valence-corrected chi connectivity index (χ0v) is 8.58. The maximum atomic E-state index is 6.03. The van der Waals surface area contributed by atoms with Gasteiger partial charge in [0.2, 0.25) is 0 Å². The fraction of sp³-hybridized carbons (Fsp3) is 0.111. The molecule has 1 heterocycles.